The lowest BCUT2D eigenvalue weighted by Gasteiger charge is -2.22. The molecule has 0 aromatic heterocycles. The first-order valence-corrected chi connectivity index (χ1v) is 10.6. The minimum Gasteiger partial charge on any atom is -0.497 e. The molecule has 33 heavy (non-hydrogen) atoms. The monoisotopic (exact) mass is 446 g/mol. The van der Waals surface area contributed by atoms with Gasteiger partial charge < -0.3 is 24.4 Å². The van der Waals surface area contributed by atoms with Crippen molar-refractivity contribution >= 4 is 17.5 Å². The molecule has 1 unspecified atom stereocenters. The molecule has 1 heterocycles. The van der Waals surface area contributed by atoms with Crippen LogP contribution in [0.4, 0.5) is 5.69 Å². The van der Waals surface area contributed by atoms with E-state index in [9.17, 15) is 9.59 Å². The van der Waals surface area contributed by atoms with Gasteiger partial charge in [-0.25, -0.2) is 0 Å². The Morgan fingerprint density at radius 2 is 1.79 bits per heavy atom. The van der Waals surface area contributed by atoms with Crippen LogP contribution in [0.15, 0.2) is 66.7 Å². The van der Waals surface area contributed by atoms with Crippen LogP contribution in [0.2, 0.25) is 0 Å². The smallest absolute Gasteiger partial charge is 0.263 e. The quantitative estimate of drug-likeness (QED) is 0.612. The maximum Gasteiger partial charge on any atom is 0.263 e. The summed E-state index contributed by atoms with van der Waals surface area (Å²) in [6, 6.07) is 20.0. The van der Waals surface area contributed by atoms with Crippen molar-refractivity contribution in [2.24, 2.45) is 0 Å². The first-order valence-electron chi connectivity index (χ1n) is 10.6. The summed E-state index contributed by atoms with van der Waals surface area (Å²) in [5, 5.41) is 2.91. The second-order valence-corrected chi connectivity index (χ2v) is 7.81. The van der Waals surface area contributed by atoms with E-state index in [0.29, 0.717) is 35.8 Å². The average molecular weight is 447 g/mol. The molecule has 1 atom stereocenters. The van der Waals surface area contributed by atoms with Gasteiger partial charge in [0.15, 0.2) is 6.10 Å². The maximum atomic E-state index is 12.9. The highest BCUT2D eigenvalue weighted by molar-refractivity contribution is 6.04. The Balaban J connectivity index is 1.54. The van der Waals surface area contributed by atoms with Crippen LogP contribution in [0.1, 0.15) is 28.4 Å². The topological polar surface area (TPSA) is 77.1 Å². The Kier molecular flexibility index (Phi) is 6.49. The maximum absolute atomic E-state index is 12.9. The molecule has 4 rings (SSSR count). The number of carbonyl (C=O) groups excluding carboxylic acids is 2. The van der Waals surface area contributed by atoms with E-state index in [1.165, 1.54) is 0 Å². The number of hydrogen-bond donors (Lipinski definition) is 1. The number of amides is 2. The van der Waals surface area contributed by atoms with E-state index in [2.05, 4.69) is 5.32 Å². The van der Waals surface area contributed by atoms with Crippen LogP contribution >= 0.6 is 0 Å². The molecule has 170 valence electrons. The molecule has 0 bridgehead atoms. The van der Waals surface area contributed by atoms with E-state index in [4.69, 9.17) is 14.2 Å². The number of nitrogens with one attached hydrogen (secondary N) is 1. The second-order valence-electron chi connectivity index (χ2n) is 7.81. The molecule has 0 fully saturated rings. The second kappa shape index (κ2) is 9.65. The summed E-state index contributed by atoms with van der Waals surface area (Å²) in [7, 11) is 3.18. The minimum atomic E-state index is -0.610. The number of methoxy groups -OCH3 is 2. The molecule has 7 heteroatoms. The zero-order valence-electron chi connectivity index (χ0n) is 18.8. The first kappa shape index (κ1) is 22.2. The van der Waals surface area contributed by atoms with Gasteiger partial charge in [-0.2, -0.15) is 0 Å². The SMILES string of the molecule is COc1ccc(CN2Cc3cc(NC(=O)c4cccc(OC)c4)ccc3OC(C)C2=O)cc1. The number of ether oxygens (including phenoxy) is 3. The zero-order chi connectivity index (χ0) is 23.4. The third kappa shape index (κ3) is 5.09. The molecule has 1 aliphatic heterocycles. The summed E-state index contributed by atoms with van der Waals surface area (Å²) in [5.41, 5.74) is 2.92. The summed E-state index contributed by atoms with van der Waals surface area (Å²) in [6.07, 6.45) is -0.610. The van der Waals surface area contributed by atoms with Crippen molar-refractivity contribution in [3.05, 3.63) is 83.4 Å². The summed E-state index contributed by atoms with van der Waals surface area (Å²) < 4.78 is 16.3. The van der Waals surface area contributed by atoms with Crippen molar-refractivity contribution < 1.29 is 23.8 Å². The molecule has 0 spiro atoms. The first-order chi connectivity index (χ1) is 16.0. The molecule has 3 aromatic carbocycles. The Hall–Kier alpha value is -4.00. The van der Waals surface area contributed by atoms with Crippen molar-refractivity contribution in [2.75, 3.05) is 19.5 Å². The van der Waals surface area contributed by atoms with Crippen LogP contribution < -0.4 is 19.5 Å². The summed E-state index contributed by atoms with van der Waals surface area (Å²) in [6.45, 7) is 2.56. The van der Waals surface area contributed by atoms with Gasteiger partial charge in [0.25, 0.3) is 11.8 Å². The molecule has 7 nitrogen and oxygen atoms in total. The van der Waals surface area contributed by atoms with Gasteiger partial charge in [0.05, 0.1) is 14.2 Å². The van der Waals surface area contributed by atoms with Crippen molar-refractivity contribution in [1.29, 1.82) is 0 Å². The molecule has 2 amide bonds. The summed E-state index contributed by atoms with van der Waals surface area (Å²) in [5.74, 6) is 1.67. The van der Waals surface area contributed by atoms with Gasteiger partial charge in [0, 0.05) is 29.9 Å². The third-order valence-electron chi connectivity index (χ3n) is 5.51. The van der Waals surface area contributed by atoms with Crippen molar-refractivity contribution in [2.45, 2.75) is 26.1 Å². The highest BCUT2D eigenvalue weighted by Crippen LogP contribution is 2.30. The molecule has 0 saturated heterocycles. The number of nitrogens with zero attached hydrogens (tertiary/aromatic N) is 1. The third-order valence-corrected chi connectivity index (χ3v) is 5.51. The zero-order valence-corrected chi connectivity index (χ0v) is 18.8. The number of hydrogen-bond acceptors (Lipinski definition) is 5. The van der Waals surface area contributed by atoms with Gasteiger partial charge >= 0.3 is 0 Å². The van der Waals surface area contributed by atoms with E-state index in [1.807, 2.05) is 30.3 Å². The van der Waals surface area contributed by atoms with Crippen LogP contribution in [0.5, 0.6) is 17.2 Å². The van der Waals surface area contributed by atoms with Gasteiger partial charge in [-0.3, -0.25) is 9.59 Å². The predicted octanol–water partition coefficient (Wildman–Crippen LogP) is 4.27. The van der Waals surface area contributed by atoms with Crippen molar-refractivity contribution in [1.82, 2.24) is 4.90 Å². The Morgan fingerprint density at radius 1 is 1.03 bits per heavy atom. The van der Waals surface area contributed by atoms with E-state index in [1.54, 1.807) is 62.4 Å². The molecule has 0 saturated carbocycles. The van der Waals surface area contributed by atoms with Crippen LogP contribution in [0.3, 0.4) is 0 Å². The molecule has 3 aromatic rings. The van der Waals surface area contributed by atoms with Crippen LogP contribution in [0, 0.1) is 0 Å². The molecule has 1 aliphatic rings. The van der Waals surface area contributed by atoms with Crippen molar-refractivity contribution in [3.8, 4) is 17.2 Å². The molecular formula is C26H26N2O5. The van der Waals surface area contributed by atoms with Crippen LogP contribution in [-0.2, 0) is 17.9 Å². The minimum absolute atomic E-state index is 0.0935. The lowest BCUT2D eigenvalue weighted by Crippen LogP contribution is -2.37. The van der Waals surface area contributed by atoms with Gasteiger partial charge in [0.2, 0.25) is 0 Å². The Bertz CT molecular complexity index is 1160. The molecular weight excluding hydrogens is 420 g/mol. The van der Waals surface area contributed by atoms with E-state index in [0.717, 1.165) is 16.9 Å². The number of anilines is 1. The van der Waals surface area contributed by atoms with Gasteiger partial charge in [0.1, 0.15) is 17.2 Å². The van der Waals surface area contributed by atoms with E-state index >= 15 is 0 Å². The fourth-order valence-corrected chi connectivity index (χ4v) is 3.73. The molecule has 0 aliphatic carbocycles. The number of benzene rings is 3. The normalized spacial score (nSPS) is 15.2. The fraction of sp³-hybridized carbons (Fsp3) is 0.231. The number of carbonyl (C=O) groups is 2. The van der Waals surface area contributed by atoms with Crippen molar-refractivity contribution in [3.63, 3.8) is 0 Å². The van der Waals surface area contributed by atoms with Gasteiger partial charge in [-0.15, -0.1) is 0 Å². The van der Waals surface area contributed by atoms with Gasteiger partial charge in [-0.1, -0.05) is 18.2 Å². The number of rotatable bonds is 6. The van der Waals surface area contributed by atoms with E-state index in [-0.39, 0.29) is 11.8 Å². The van der Waals surface area contributed by atoms with Crippen LogP contribution in [-0.4, -0.2) is 37.0 Å². The van der Waals surface area contributed by atoms with Crippen LogP contribution in [0.25, 0.3) is 0 Å². The lowest BCUT2D eigenvalue weighted by molar-refractivity contribution is -0.138. The molecule has 1 N–H and O–H groups in total. The summed E-state index contributed by atoms with van der Waals surface area (Å²) >= 11 is 0. The average Bonchev–Trinajstić information content (AvgIpc) is 2.95. The summed E-state index contributed by atoms with van der Waals surface area (Å²) in [4.78, 5) is 27.4. The Labute approximate surface area is 192 Å². The standard InChI is InChI=1S/C26H26N2O5/c1-17-26(30)28(15-18-7-10-22(31-2)11-8-18)16-20-13-21(9-12-24(20)33-17)27-25(29)19-5-4-6-23(14-19)32-3/h4-14,17H,15-16H2,1-3H3,(H,27,29). The lowest BCUT2D eigenvalue weighted by atomic mass is 10.1. The predicted molar refractivity (Wildman–Crippen MR) is 125 cm³/mol. The molecule has 0 radical (unpaired) electrons. The Morgan fingerprint density at radius 3 is 2.52 bits per heavy atom. The van der Waals surface area contributed by atoms with E-state index < -0.39 is 6.10 Å². The van der Waals surface area contributed by atoms with Gasteiger partial charge in [-0.05, 0) is 61.0 Å². The highest BCUT2D eigenvalue weighted by atomic mass is 16.5. The number of fused-ring (bicyclic) bond motifs is 1. The highest BCUT2D eigenvalue weighted by Gasteiger charge is 2.28. The largest absolute Gasteiger partial charge is 0.497 e. The fourth-order valence-electron chi connectivity index (χ4n) is 3.73.